The summed E-state index contributed by atoms with van der Waals surface area (Å²) in [6.07, 6.45) is 2.24. The Kier molecular flexibility index (Phi) is 4.18. The Balaban J connectivity index is 1.75. The first kappa shape index (κ1) is 15.1. The van der Waals surface area contributed by atoms with Gasteiger partial charge in [-0.2, -0.15) is 5.10 Å². The number of benzene rings is 1. The van der Waals surface area contributed by atoms with E-state index in [2.05, 4.69) is 10.4 Å². The van der Waals surface area contributed by atoms with Crippen molar-refractivity contribution in [2.75, 3.05) is 6.61 Å². The van der Waals surface area contributed by atoms with Gasteiger partial charge >= 0.3 is 0 Å². The van der Waals surface area contributed by atoms with Crippen LogP contribution in [0.4, 0.5) is 0 Å². The van der Waals surface area contributed by atoms with Gasteiger partial charge < -0.3 is 10.1 Å². The van der Waals surface area contributed by atoms with Gasteiger partial charge in [0.2, 0.25) is 0 Å². The lowest BCUT2D eigenvalue weighted by Crippen LogP contribution is -2.37. The fraction of sp³-hybridized carbons (Fsp3) is 0.375. The summed E-state index contributed by atoms with van der Waals surface area (Å²) in [6, 6.07) is 7.50. The molecule has 1 fully saturated rings. The number of nitrogens with zero attached hydrogens (tertiary/aromatic N) is 2. The van der Waals surface area contributed by atoms with Gasteiger partial charge in [0, 0.05) is 24.4 Å². The van der Waals surface area contributed by atoms with Crippen LogP contribution in [-0.2, 0) is 11.8 Å². The van der Waals surface area contributed by atoms with Crippen molar-refractivity contribution in [3.05, 3.63) is 52.3 Å². The van der Waals surface area contributed by atoms with Crippen molar-refractivity contribution in [1.82, 2.24) is 15.1 Å². The first-order chi connectivity index (χ1) is 10.6. The molecule has 1 aliphatic heterocycles. The van der Waals surface area contributed by atoms with Crippen LogP contribution in [-0.4, -0.2) is 28.3 Å². The molecule has 0 spiro atoms. The molecular formula is C16H18ClN3O2. The summed E-state index contributed by atoms with van der Waals surface area (Å²) in [5.41, 5.74) is 2.47. The molecule has 0 bridgehead atoms. The molecule has 0 unspecified atom stereocenters. The number of carbonyl (C=O) groups is 1. The second kappa shape index (κ2) is 6.10. The number of ether oxygens (including phenoxy) is 1. The zero-order valence-corrected chi connectivity index (χ0v) is 13.3. The molecule has 1 aromatic heterocycles. The molecule has 2 aromatic rings. The van der Waals surface area contributed by atoms with E-state index in [0.29, 0.717) is 17.2 Å². The van der Waals surface area contributed by atoms with E-state index in [4.69, 9.17) is 16.3 Å². The van der Waals surface area contributed by atoms with Gasteiger partial charge in [0.05, 0.1) is 17.8 Å². The van der Waals surface area contributed by atoms with E-state index in [0.717, 1.165) is 17.7 Å². The van der Waals surface area contributed by atoms with Gasteiger partial charge in [-0.1, -0.05) is 23.7 Å². The van der Waals surface area contributed by atoms with E-state index >= 15 is 0 Å². The summed E-state index contributed by atoms with van der Waals surface area (Å²) >= 11 is 5.92. The van der Waals surface area contributed by atoms with E-state index in [1.807, 2.05) is 38.2 Å². The monoisotopic (exact) mass is 319 g/mol. The van der Waals surface area contributed by atoms with Gasteiger partial charge in [-0.25, -0.2) is 0 Å². The maximum Gasteiger partial charge on any atom is 0.255 e. The Bertz CT molecular complexity index is 681. The molecule has 1 N–H and O–H groups in total. The van der Waals surface area contributed by atoms with Crippen molar-refractivity contribution in [3.63, 3.8) is 0 Å². The maximum absolute atomic E-state index is 12.4. The van der Waals surface area contributed by atoms with Crippen LogP contribution in [0.2, 0.25) is 5.02 Å². The third-order valence-electron chi connectivity index (χ3n) is 4.09. The molecule has 1 amide bonds. The largest absolute Gasteiger partial charge is 0.371 e. The van der Waals surface area contributed by atoms with Crippen LogP contribution in [0, 0.1) is 6.92 Å². The number of hydrogen-bond donors (Lipinski definition) is 1. The van der Waals surface area contributed by atoms with Crippen LogP contribution in [0.15, 0.2) is 30.5 Å². The lowest BCUT2D eigenvalue weighted by molar-refractivity contribution is 0.0821. The van der Waals surface area contributed by atoms with Crippen molar-refractivity contribution in [2.45, 2.75) is 25.5 Å². The van der Waals surface area contributed by atoms with E-state index in [1.165, 1.54) is 0 Å². The maximum atomic E-state index is 12.4. The highest BCUT2D eigenvalue weighted by Gasteiger charge is 2.31. The molecule has 2 atom stereocenters. The highest BCUT2D eigenvalue weighted by molar-refractivity contribution is 6.30. The average Bonchev–Trinajstić information content (AvgIpc) is 3.08. The van der Waals surface area contributed by atoms with E-state index in [-0.39, 0.29) is 18.1 Å². The molecule has 6 heteroatoms. The quantitative estimate of drug-likeness (QED) is 0.946. The van der Waals surface area contributed by atoms with Gasteiger partial charge in [-0.3, -0.25) is 9.48 Å². The SMILES string of the molecule is Cc1c(C(=O)N[C@@H]2CCO[C@H]2c2ccc(Cl)cc2)cnn1C. The van der Waals surface area contributed by atoms with Crippen LogP contribution in [0.25, 0.3) is 0 Å². The molecule has 0 aliphatic carbocycles. The number of carbonyl (C=O) groups excluding carboxylic acids is 1. The smallest absolute Gasteiger partial charge is 0.255 e. The molecule has 0 saturated carbocycles. The molecule has 5 nitrogen and oxygen atoms in total. The predicted molar refractivity (Wildman–Crippen MR) is 84.0 cm³/mol. The Morgan fingerprint density at radius 1 is 1.41 bits per heavy atom. The number of hydrogen-bond acceptors (Lipinski definition) is 3. The predicted octanol–water partition coefficient (Wildman–Crippen LogP) is 2.64. The normalized spacial score (nSPS) is 21.0. The number of halogens is 1. The van der Waals surface area contributed by atoms with Crippen molar-refractivity contribution in [2.24, 2.45) is 7.05 Å². The molecule has 2 heterocycles. The van der Waals surface area contributed by atoms with E-state index in [9.17, 15) is 4.79 Å². The summed E-state index contributed by atoms with van der Waals surface area (Å²) in [4.78, 5) is 12.4. The lowest BCUT2D eigenvalue weighted by atomic mass is 10.0. The molecule has 1 saturated heterocycles. The Morgan fingerprint density at radius 3 is 2.77 bits per heavy atom. The average molecular weight is 320 g/mol. The van der Waals surface area contributed by atoms with Crippen molar-refractivity contribution in [3.8, 4) is 0 Å². The van der Waals surface area contributed by atoms with Gasteiger partial charge in [-0.15, -0.1) is 0 Å². The number of amides is 1. The third kappa shape index (κ3) is 2.87. The van der Waals surface area contributed by atoms with Gasteiger partial charge in [0.25, 0.3) is 5.91 Å². The minimum absolute atomic E-state index is 0.0479. The summed E-state index contributed by atoms with van der Waals surface area (Å²) in [7, 11) is 1.82. The molecule has 1 aliphatic rings. The fourth-order valence-electron chi connectivity index (χ4n) is 2.69. The van der Waals surface area contributed by atoms with Gasteiger partial charge in [0.15, 0.2) is 0 Å². The standard InChI is InChI=1S/C16H18ClN3O2/c1-10-13(9-18-20(10)2)16(21)19-14-7-8-22-15(14)11-3-5-12(17)6-4-11/h3-6,9,14-15H,7-8H2,1-2H3,(H,19,21)/t14-,15+/m1/s1. The summed E-state index contributed by atoms with van der Waals surface area (Å²) in [6.45, 7) is 2.51. The van der Waals surface area contributed by atoms with Crippen molar-refractivity contribution in [1.29, 1.82) is 0 Å². The molecule has 1 aromatic carbocycles. The molecule has 116 valence electrons. The van der Waals surface area contributed by atoms with E-state index in [1.54, 1.807) is 10.9 Å². The molecular weight excluding hydrogens is 302 g/mol. The highest BCUT2D eigenvalue weighted by atomic mass is 35.5. The second-order valence-corrected chi connectivity index (χ2v) is 5.92. The van der Waals surface area contributed by atoms with Gasteiger partial charge in [0.1, 0.15) is 6.10 Å². The van der Waals surface area contributed by atoms with Crippen molar-refractivity contribution >= 4 is 17.5 Å². The third-order valence-corrected chi connectivity index (χ3v) is 4.34. The molecule has 22 heavy (non-hydrogen) atoms. The Labute approximate surface area is 134 Å². The minimum Gasteiger partial charge on any atom is -0.371 e. The topological polar surface area (TPSA) is 56.1 Å². The minimum atomic E-state index is -0.141. The number of rotatable bonds is 3. The van der Waals surface area contributed by atoms with Gasteiger partial charge in [-0.05, 0) is 31.0 Å². The van der Waals surface area contributed by atoms with Crippen LogP contribution < -0.4 is 5.32 Å². The zero-order chi connectivity index (χ0) is 15.7. The zero-order valence-electron chi connectivity index (χ0n) is 12.5. The molecule has 3 rings (SSSR count). The van der Waals surface area contributed by atoms with Crippen LogP contribution in [0.3, 0.4) is 0 Å². The number of aromatic nitrogens is 2. The lowest BCUT2D eigenvalue weighted by Gasteiger charge is -2.20. The first-order valence-corrected chi connectivity index (χ1v) is 7.60. The number of aryl methyl sites for hydroxylation is 1. The van der Waals surface area contributed by atoms with E-state index < -0.39 is 0 Å². The first-order valence-electron chi connectivity index (χ1n) is 7.23. The second-order valence-electron chi connectivity index (χ2n) is 5.48. The fourth-order valence-corrected chi connectivity index (χ4v) is 2.81. The summed E-state index contributed by atoms with van der Waals surface area (Å²) in [5, 5.41) is 7.86. The summed E-state index contributed by atoms with van der Waals surface area (Å²) in [5.74, 6) is -0.111. The number of nitrogens with one attached hydrogen (secondary N) is 1. The highest BCUT2D eigenvalue weighted by Crippen LogP contribution is 2.30. The summed E-state index contributed by atoms with van der Waals surface area (Å²) < 4.78 is 7.48. The Morgan fingerprint density at radius 2 is 2.14 bits per heavy atom. The van der Waals surface area contributed by atoms with Crippen LogP contribution in [0.5, 0.6) is 0 Å². The van der Waals surface area contributed by atoms with Crippen LogP contribution >= 0.6 is 11.6 Å². The Hall–Kier alpha value is -1.85. The van der Waals surface area contributed by atoms with Crippen LogP contribution in [0.1, 0.15) is 34.1 Å². The van der Waals surface area contributed by atoms with Crippen molar-refractivity contribution < 1.29 is 9.53 Å². The molecule has 0 radical (unpaired) electrons.